The lowest BCUT2D eigenvalue weighted by Gasteiger charge is -2.30. The van der Waals surface area contributed by atoms with E-state index in [0.717, 1.165) is 11.8 Å². The summed E-state index contributed by atoms with van der Waals surface area (Å²) in [6.45, 7) is 0. The molecule has 0 aromatic carbocycles. The van der Waals surface area contributed by atoms with Gasteiger partial charge in [-0.05, 0) is 24.7 Å². The normalized spacial score (nSPS) is 36.6. The van der Waals surface area contributed by atoms with Gasteiger partial charge in [-0.3, -0.25) is 0 Å². The van der Waals surface area contributed by atoms with Gasteiger partial charge in [0.15, 0.2) is 0 Å². The predicted octanol–water partition coefficient (Wildman–Crippen LogP) is 3.47. The fourth-order valence-electron chi connectivity index (χ4n) is 3.47. The predicted molar refractivity (Wildman–Crippen MR) is 61.1 cm³/mol. The van der Waals surface area contributed by atoms with Crippen molar-refractivity contribution in [2.24, 2.45) is 17.6 Å². The topological polar surface area (TPSA) is 26.0 Å². The van der Waals surface area contributed by atoms with Gasteiger partial charge in [0.2, 0.25) is 0 Å². The van der Waals surface area contributed by atoms with Crippen LogP contribution in [-0.4, -0.2) is 6.04 Å². The van der Waals surface area contributed by atoms with Crippen molar-refractivity contribution in [3.05, 3.63) is 0 Å². The molecule has 2 saturated carbocycles. The van der Waals surface area contributed by atoms with Crippen molar-refractivity contribution in [3.8, 4) is 0 Å². The van der Waals surface area contributed by atoms with Crippen molar-refractivity contribution in [2.75, 3.05) is 0 Å². The summed E-state index contributed by atoms with van der Waals surface area (Å²) in [5.41, 5.74) is 6.13. The van der Waals surface area contributed by atoms with Crippen LogP contribution in [0.2, 0.25) is 0 Å². The van der Waals surface area contributed by atoms with Crippen molar-refractivity contribution in [1.82, 2.24) is 0 Å². The lowest BCUT2D eigenvalue weighted by molar-refractivity contribution is 0.221. The van der Waals surface area contributed by atoms with E-state index in [1.54, 1.807) is 0 Å². The smallest absolute Gasteiger partial charge is 0.00415 e. The van der Waals surface area contributed by atoms with Crippen LogP contribution in [0.15, 0.2) is 0 Å². The van der Waals surface area contributed by atoms with Crippen LogP contribution >= 0.6 is 0 Å². The second kappa shape index (κ2) is 5.16. The van der Waals surface area contributed by atoms with Gasteiger partial charge in [0, 0.05) is 6.04 Å². The summed E-state index contributed by atoms with van der Waals surface area (Å²) < 4.78 is 0. The van der Waals surface area contributed by atoms with E-state index < -0.39 is 0 Å². The third kappa shape index (κ3) is 2.73. The Bertz CT molecular complexity index is 161. The first kappa shape index (κ1) is 10.5. The van der Waals surface area contributed by atoms with Gasteiger partial charge in [0.05, 0.1) is 0 Å². The van der Waals surface area contributed by atoms with Gasteiger partial charge >= 0.3 is 0 Å². The van der Waals surface area contributed by atoms with Crippen LogP contribution in [0, 0.1) is 11.8 Å². The van der Waals surface area contributed by atoms with E-state index in [1.807, 2.05) is 0 Å². The Balaban J connectivity index is 1.87. The first-order valence-corrected chi connectivity index (χ1v) is 6.62. The fraction of sp³-hybridized carbons (Fsp3) is 1.00. The second-order valence-corrected chi connectivity index (χ2v) is 5.44. The largest absolute Gasteiger partial charge is 0.328 e. The van der Waals surface area contributed by atoms with Crippen molar-refractivity contribution in [1.29, 1.82) is 0 Å². The average molecular weight is 195 g/mol. The lowest BCUT2D eigenvalue weighted by atomic mass is 9.76. The molecule has 2 aliphatic carbocycles. The minimum atomic E-state index is 0.518. The molecule has 2 unspecified atom stereocenters. The fourth-order valence-corrected chi connectivity index (χ4v) is 3.47. The van der Waals surface area contributed by atoms with Gasteiger partial charge in [-0.15, -0.1) is 0 Å². The minimum absolute atomic E-state index is 0.518. The van der Waals surface area contributed by atoms with Crippen LogP contribution < -0.4 is 5.73 Å². The molecule has 1 heteroatoms. The van der Waals surface area contributed by atoms with Crippen LogP contribution in [0.1, 0.15) is 64.2 Å². The molecule has 2 rings (SSSR count). The molecule has 1 nitrogen and oxygen atoms in total. The molecule has 0 aliphatic heterocycles. The summed E-state index contributed by atoms with van der Waals surface area (Å²) >= 11 is 0. The van der Waals surface area contributed by atoms with E-state index in [0.29, 0.717) is 6.04 Å². The molecule has 0 aromatic heterocycles. The number of hydrogen-bond donors (Lipinski definition) is 1. The maximum Gasteiger partial charge on any atom is 0.00415 e. The Morgan fingerprint density at radius 3 is 2.00 bits per heavy atom. The maximum atomic E-state index is 6.13. The minimum Gasteiger partial charge on any atom is -0.328 e. The third-order valence-electron chi connectivity index (χ3n) is 4.32. The SMILES string of the molecule is NC1CCCCC(C2CCCCC2)C1. The molecular formula is C13H25N. The van der Waals surface area contributed by atoms with E-state index in [2.05, 4.69) is 0 Å². The highest BCUT2D eigenvalue weighted by molar-refractivity contribution is 4.80. The summed E-state index contributed by atoms with van der Waals surface area (Å²) in [5.74, 6) is 2.01. The molecule has 2 aliphatic rings. The summed E-state index contributed by atoms with van der Waals surface area (Å²) in [5, 5.41) is 0. The highest BCUT2D eigenvalue weighted by atomic mass is 14.6. The zero-order valence-electron chi connectivity index (χ0n) is 9.38. The van der Waals surface area contributed by atoms with Crippen LogP contribution in [0.5, 0.6) is 0 Å². The van der Waals surface area contributed by atoms with Crippen LogP contribution in [-0.2, 0) is 0 Å². The quantitative estimate of drug-likeness (QED) is 0.637. The van der Waals surface area contributed by atoms with E-state index in [-0.39, 0.29) is 0 Å². The van der Waals surface area contributed by atoms with Crippen LogP contribution in [0.25, 0.3) is 0 Å². The monoisotopic (exact) mass is 195 g/mol. The van der Waals surface area contributed by atoms with Crippen LogP contribution in [0.4, 0.5) is 0 Å². The molecule has 82 valence electrons. The zero-order chi connectivity index (χ0) is 9.80. The van der Waals surface area contributed by atoms with Crippen molar-refractivity contribution >= 4 is 0 Å². The Labute approximate surface area is 88.4 Å². The van der Waals surface area contributed by atoms with Crippen molar-refractivity contribution < 1.29 is 0 Å². The first-order chi connectivity index (χ1) is 6.86. The summed E-state index contributed by atoms with van der Waals surface area (Å²) in [7, 11) is 0. The van der Waals surface area contributed by atoms with Gasteiger partial charge in [-0.1, -0.05) is 51.4 Å². The molecule has 2 atom stereocenters. The van der Waals surface area contributed by atoms with Gasteiger partial charge in [0.25, 0.3) is 0 Å². The number of rotatable bonds is 1. The highest BCUT2D eigenvalue weighted by Gasteiger charge is 2.26. The molecule has 0 saturated heterocycles. The highest BCUT2D eigenvalue weighted by Crippen LogP contribution is 2.36. The third-order valence-corrected chi connectivity index (χ3v) is 4.32. The summed E-state index contributed by atoms with van der Waals surface area (Å²) in [6.07, 6.45) is 14.3. The van der Waals surface area contributed by atoms with Gasteiger partial charge in [0.1, 0.15) is 0 Å². The van der Waals surface area contributed by atoms with Crippen molar-refractivity contribution in [3.63, 3.8) is 0 Å². The van der Waals surface area contributed by atoms with Gasteiger partial charge in [-0.25, -0.2) is 0 Å². The Kier molecular flexibility index (Phi) is 3.86. The molecule has 0 radical (unpaired) electrons. The van der Waals surface area contributed by atoms with Crippen molar-refractivity contribution in [2.45, 2.75) is 70.3 Å². The molecule has 0 heterocycles. The molecule has 2 fully saturated rings. The maximum absolute atomic E-state index is 6.13. The zero-order valence-corrected chi connectivity index (χ0v) is 9.38. The number of nitrogens with two attached hydrogens (primary N) is 1. The Hall–Kier alpha value is -0.0400. The van der Waals surface area contributed by atoms with Gasteiger partial charge in [-0.2, -0.15) is 0 Å². The van der Waals surface area contributed by atoms with Crippen LogP contribution in [0.3, 0.4) is 0 Å². The Morgan fingerprint density at radius 1 is 0.643 bits per heavy atom. The summed E-state index contributed by atoms with van der Waals surface area (Å²) in [6, 6.07) is 0.518. The Morgan fingerprint density at radius 2 is 1.21 bits per heavy atom. The first-order valence-electron chi connectivity index (χ1n) is 6.62. The molecule has 0 bridgehead atoms. The standard InChI is InChI=1S/C13H25N/c14-13-9-5-4-8-12(10-13)11-6-2-1-3-7-11/h11-13H,1-10,14H2. The van der Waals surface area contributed by atoms with E-state index in [4.69, 9.17) is 5.73 Å². The van der Waals surface area contributed by atoms with E-state index >= 15 is 0 Å². The van der Waals surface area contributed by atoms with E-state index in [9.17, 15) is 0 Å². The molecule has 0 aromatic rings. The van der Waals surface area contributed by atoms with E-state index in [1.165, 1.54) is 64.2 Å². The molecule has 0 spiro atoms. The number of hydrogen-bond acceptors (Lipinski definition) is 1. The molecule has 14 heavy (non-hydrogen) atoms. The summed E-state index contributed by atoms with van der Waals surface area (Å²) in [4.78, 5) is 0. The lowest BCUT2D eigenvalue weighted by Crippen LogP contribution is -2.26. The average Bonchev–Trinajstić information content (AvgIpc) is 2.44. The molecular weight excluding hydrogens is 170 g/mol. The molecule has 2 N–H and O–H groups in total. The second-order valence-electron chi connectivity index (χ2n) is 5.44. The van der Waals surface area contributed by atoms with Gasteiger partial charge < -0.3 is 5.73 Å². The molecule has 0 amide bonds.